The van der Waals surface area contributed by atoms with E-state index in [4.69, 9.17) is 0 Å². The van der Waals surface area contributed by atoms with Crippen LogP contribution < -0.4 is 5.32 Å². The molecule has 0 atom stereocenters. The molecular formula is C13H23N3. The average molecular weight is 221 g/mol. The van der Waals surface area contributed by atoms with E-state index >= 15 is 0 Å². The van der Waals surface area contributed by atoms with E-state index in [-0.39, 0.29) is 0 Å². The van der Waals surface area contributed by atoms with Gasteiger partial charge in [0.15, 0.2) is 0 Å². The smallest absolute Gasteiger partial charge is 0.0726 e. The van der Waals surface area contributed by atoms with Gasteiger partial charge in [0, 0.05) is 19.3 Å². The highest BCUT2D eigenvalue weighted by Crippen LogP contribution is 2.28. The quantitative estimate of drug-likeness (QED) is 0.846. The van der Waals surface area contributed by atoms with E-state index in [9.17, 15) is 0 Å². The Balaban J connectivity index is 1.74. The Labute approximate surface area is 98.2 Å². The van der Waals surface area contributed by atoms with Crippen LogP contribution >= 0.6 is 0 Å². The van der Waals surface area contributed by atoms with E-state index in [1.54, 1.807) is 0 Å². The first-order valence-electron chi connectivity index (χ1n) is 6.54. The monoisotopic (exact) mass is 221 g/mol. The van der Waals surface area contributed by atoms with Crippen molar-refractivity contribution in [1.82, 2.24) is 9.78 Å². The molecule has 0 bridgehead atoms. The van der Waals surface area contributed by atoms with Crippen molar-refractivity contribution in [3.05, 3.63) is 12.4 Å². The molecule has 0 spiro atoms. The molecule has 1 aromatic heterocycles. The molecule has 1 saturated carbocycles. The van der Waals surface area contributed by atoms with Gasteiger partial charge >= 0.3 is 0 Å². The van der Waals surface area contributed by atoms with Crippen molar-refractivity contribution in [2.45, 2.75) is 46.1 Å². The zero-order chi connectivity index (χ0) is 11.4. The summed E-state index contributed by atoms with van der Waals surface area (Å²) in [6, 6.07) is 0. The average Bonchev–Trinajstić information content (AvgIpc) is 2.76. The molecule has 0 unspecified atom stereocenters. The van der Waals surface area contributed by atoms with E-state index in [0.29, 0.717) is 0 Å². The topological polar surface area (TPSA) is 29.9 Å². The van der Waals surface area contributed by atoms with Crippen LogP contribution in [0.25, 0.3) is 0 Å². The molecule has 90 valence electrons. The first-order valence-corrected chi connectivity index (χ1v) is 6.54. The minimum Gasteiger partial charge on any atom is -0.382 e. The summed E-state index contributed by atoms with van der Waals surface area (Å²) in [5, 5.41) is 7.77. The summed E-state index contributed by atoms with van der Waals surface area (Å²) < 4.78 is 1.96. The number of aromatic nitrogens is 2. The summed E-state index contributed by atoms with van der Waals surface area (Å²) in [5.74, 6) is 1.81. The Morgan fingerprint density at radius 2 is 2.12 bits per heavy atom. The number of hydrogen-bond acceptors (Lipinski definition) is 2. The van der Waals surface area contributed by atoms with Crippen molar-refractivity contribution in [1.29, 1.82) is 0 Å². The Kier molecular flexibility index (Phi) is 3.86. The van der Waals surface area contributed by atoms with Gasteiger partial charge in [0.25, 0.3) is 0 Å². The molecule has 3 nitrogen and oxygen atoms in total. The van der Waals surface area contributed by atoms with Gasteiger partial charge in [0.2, 0.25) is 0 Å². The first kappa shape index (κ1) is 11.5. The number of aryl methyl sites for hydroxylation is 1. The second-order valence-electron chi connectivity index (χ2n) is 5.09. The minimum atomic E-state index is 0.862. The maximum atomic E-state index is 4.26. The Morgan fingerprint density at radius 1 is 1.38 bits per heavy atom. The van der Waals surface area contributed by atoms with Crippen molar-refractivity contribution in [2.75, 3.05) is 11.9 Å². The van der Waals surface area contributed by atoms with E-state index < -0.39 is 0 Å². The lowest BCUT2D eigenvalue weighted by molar-refractivity contribution is 0.300. The Morgan fingerprint density at radius 3 is 2.75 bits per heavy atom. The van der Waals surface area contributed by atoms with E-state index in [2.05, 4.69) is 30.5 Å². The maximum absolute atomic E-state index is 4.26. The highest BCUT2D eigenvalue weighted by Gasteiger charge is 2.17. The molecule has 16 heavy (non-hydrogen) atoms. The fraction of sp³-hybridized carbons (Fsp3) is 0.769. The van der Waals surface area contributed by atoms with Crippen LogP contribution in [0.1, 0.15) is 39.5 Å². The summed E-state index contributed by atoms with van der Waals surface area (Å²) in [5.41, 5.74) is 1.17. The molecule has 1 aliphatic carbocycles. The number of hydrogen-bond donors (Lipinski definition) is 1. The second-order valence-corrected chi connectivity index (χ2v) is 5.09. The van der Waals surface area contributed by atoms with Gasteiger partial charge in [-0.2, -0.15) is 5.10 Å². The molecule has 0 saturated heterocycles. The van der Waals surface area contributed by atoms with Crippen molar-refractivity contribution in [3.63, 3.8) is 0 Å². The molecular weight excluding hydrogens is 198 g/mol. The lowest BCUT2D eigenvalue weighted by Crippen LogP contribution is -2.19. The van der Waals surface area contributed by atoms with Crippen LogP contribution in [-0.2, 0) is 6.54 Å². The largest absolute Gasteiger partial charge is 0.382 e. The van der Waals surface area contributed by atoms with E-state index in [1.165, 1.54) is 31.4 Å². The molecule has 1 N–H and O–H groups in total. The van der Waals surface area contributed by atoms with Gasteiger partial charge < -0.3 is 5.32 Å². The molecule has 0 amide bonds. The molecule has 0 radical (unpaired) electrons. The SMILES string of the molecule is CCn1cc(NCC2CCC(C)CC2)cn1. The Bertz CT molecular complexity index is 311. The maximum Gasteiger partial charge on any atom is 0.0726 e. The minimum absolute atomic E-state index is 0.862. The van der Waals surface area contributed by atoms with Crippen LogP contribution in [0.3, 0.4) is 0 Å². The van der Waals surface area contributed by atoms with Gasteiger partial charge in [-0.25, -0.2) is 0 Å². The molecule has 1 aliphatic rings. The van der Waals surface area contributed by atoms with Crippen molar-refractivity contribution in [3.8, 4) is 0 Å². The zero-order valence-electron chi connectivity index (χ0n) is 10.4. The van der Waals surface area contributed by atoms with Crippen LogP contribution in [0.15, 0.2) is 12.4 Å². The normalized spacial score (nSPS) is 25.6. The fourth-order valence-electron chi connectivity index (χ4n) is 2.42. The fourth-order valence-corrected chi connectivity index (χ4v) is 2.42. The van der Waals surface area contributed by atoms with E-state index in [0.717, 1.165) is 24.9 Å². The number of rotatable bonds is 4. The third-order valence-corrected chi connectivity index (χ3v) is 3.69. The lowest BCUT2D eigenvalue weighted by atomic mass is 9.83. The number of anilines is 1. The predicted octanol–water partition coefficient (Wildman–Crippen LogP) is 3.14. The predicted molar refractivity (Wildman–Crippen MR) is 67.5 cm³/mol. The summed E-state index contributed by atoms with van der Waals surface area (Å²) in [7, 11) is 0. The van der Waals surface area contributed by atoms with Gasteiger partial charge in [0.05, 0.1) is 11.9 Å². The zero-order valence-corrected chi connectivity index (χ0v) is 10.4. The highest BCUT2D eigenvalue weighted by atomic mass is 15.3. The lowest BCUT2D eigenvalue weighted by Gasteiger charge is -2.26. The molecule has 1 fully saturated rings. The first-order chi connectivity index (χ1) is 7.78. The van der Waals surface area contributed by atoms with E-state index in [1.807, 2.05) is 10.9 Å². The summed E-state index contributed by atoms with van der Waals surface area (Å²) in [4.78, 5) is 0. The van der Waals surface area contributed by atoms with Crippen LogP contribution in [0.2, 0.25) is 0 Å². The third kappa shape index (κ3) is 3.00. The third-order valence-electron chi connectivity index (χ3n) is 3.69. The summed E-state index contributed by atoms with van der Waals surface area (Å²) in [6.45, 7) is 6.54. The molecule has 3 heteroatoms. The van der Waals surface area contributed by atoms with Crippen LogP contribution in [0.5, 0.6) is 0 Å². The van der Waals surface area contributed by atoms with Crippen LogP contribution in [0, 0.1) is 11.8 Å². The second kappa shape index (κ2) is 5.37. The van der Waals surface area contributed by atoms with Crippen molar-refractivity contribution >= 4 is 5.69 Å². The van der Waals surface area contributed by atoms with Gasteiger partial charge in [0.1, 0.15) is 0 Å². The van der Waals surface area contributed by atoms with Crippen molar-refractivity contribution < 1.29 is 0 Å². The molecule has 2 rings (SSSR count). The number of nitrogens with zero attached hydrogens (tertiary/aromatic N) is 2. The van der Waals surface area contributed by atoms with Crippen LogP contribution in [0.4, 0.5) is 5.69 Å². The standard InChI is InChI=1S/C13H23N3/c1-3-16-10-13(9-15-16)14-8-12-6-4-11(2)5-7-12/h9-12,14H,3-8H2,1-2H3. The highest BCUT2D eigenvalue weighted by molar-refractivity contribution is 5.37. The van der Waals surface area contributed by atoms with Gasteiger partial charge in [-0.15, -0.1) is 0 Å². The van der Waals surface area contributed by atoms with Crippen LogP contribution in [-0.4, -0.2) is 16.3 Å². The molecule has 0 aliphatic heterocycles. The summed E-state index contributed by atoms with van der Waals surface area (Å²) >= 11 is 0. The van der Waals surface area contributed by atoms with Crippen molar-refractivity contribution in [2.24, 2.45) is 11.8 Å². The molecule has 1 heterocycles. The van der Waals surface area contributed by atoms with Gasteiger partial charge in [-0.05, 0) is 31.6 Å². The van der Waals surface area contributed by atoms with Gasteiger partial charge in [-0.1, -0.05) is 19.8 Å². The summed E-state index contributed by atoms with van der Waals surface area (Å²) in [6.07, 6.45) is 9.59. The number of nitrogens with one attached hydrogen (secondary N) is 1. The molecule has 0 aromatic carbocycles. The van der Waals surface area contributed by atoms with Gasteiger partial charge in [-0.3, -0.25) is 4.68 Å². The molecule has 1 aromatic rings. The Hall–Kier alpha value is -0.990.